The van der Waals surface area contributed by atoms with Gasteiger partial charge in [0.1, 0.15) is 16.8 Å². The Bertz CT molecular complexity index is 473. The lowest BCUT2D eigenvalue weighted by atomic mass is 9.96. The zero-order chi connectivity index (χ0) is 14.3. The summed E-state index contributed by atoms with van der Waals surface area (Å²) < 4.78 is 0. The lowest BCUT2D eigenvalue weighted by Gasteiger charge is -2.26. The van der Waals surface area contributed by atoms with Crippen molar-refractivity contribution in [3.63, 3.8) is 0 Å². The molecule has 0 radical (unpaired) electrons. The van der Waals surface area contributed by atoms with Crippen LogP contribution in [-0.4, -0.2) is 23.1 Å². The van der Waals surface area contributed by atoms with Crippen LogP contribution in [-0.2, 0) is 5.41 Å². The fourth-order valence-electron chi connectivity index (χ4n) is 2.39. The Balaban J connectivity index is 1.85. The van der Waals surface area contributed by atoms with Gasteiger partial charge < -0.3 is 4.90 Å². The van der Waals surface area contributed by atoms with E-state index in [-0.39, 0.29) is 5.41 Å². The minimum atomic E-state index is -0.0650. The quantitative estimate of drug-likeness (QED) is 0.767. The summed E-state index contributed by atoms with van der Waals surface area (Å²) in [4.78, 5) is 11.6. The Labute approximate surface area is 126 Å². The van der Waals surface area contributed by atoms with E-state index in [1.807, 2.05) is 6.07 Å². The van der Waals surface area contributed by atoms with Crippen molar-refractivity contribution in [2.24, 2.45) is 11.8 Å². The third-order valence-corrected chi connectivity index (χ3v) is 4.22. The summed E-state index contributed by atoms with van der Waals surface area (Å²) in [5.41, 5.74) is -0.0650. The Morgan fingerprint density at radius 3 is 2.10 bits per heavy atom. The van der Waals surface area contributed by atoms with Crippen LogP contribution >= 0.6 is 11.6 Å². The molecule has 2 aliphatic rings. The Hall–Kier alpha value is -0.830. The highest BCUT2D eigenvalue weighted by Crippen LogP contribution is 2.36. The zero-order valence-corrected chi connectivity index (χ0v) is 13.5. The number of aromatic nitrogens is 2. The highest BCUT2D eigenvalue weighted by atomic mass is 35.5. The van der Waals surface area contributed by atoms with Gasteiger partial charge in [0, 0.05) is 24.6 Å². The minimum Gasteiger partial charge on any atom is -0.356 e. The molecule has 0 bridgehead atoms. The molecule has 2 saturated carbocycles. The van der Waals surface area contributed by atoms with E-state index >= 15 is 0 Å². The highest BCUT2D eigenvalue weighted by Gasteiger charge is 2.30. The first-order chi connectivity index (χ1) is 9.41. The fraction of sp³-hybridized carbons (Fsp3) is 0.750. The average molecular weight is 294 g/mol. The van der Waals surface area contributed by atoms with Crippen LogP contribution in [0.15, 0.2) is 6.07 Å². The van der Waals surface area contributed by atoms with Crippen molar-refractivity contribution in [1.29, 1.82) is 0 Å². The van der Waals surface area contributed by atoms with Gasteiger partial charge in [-0.3, -0.25) is 0 Å². The summed E-state index contributed by atoms with van der Waals surface area (Å²) >= 11 is 6.23. The third kappa shape index (κ3) is 3.63. The molecule has 0 amide bonds. The predicted molar refractivity (Wildman–Crippen MR) is 83.4 cm³/mol. The van der Waals surface area contributed by atoms with E-state index in [9.17, 15) is 0 Å². The maximum absolute atomic E-state index is 6.23. The van der Waals surface area contributed by atoms with E-state index < -0.39 is 0 Å². The first kappa shape index (κ1) is 14.1. The Morgan fingerprint density at radius 2 is 1.65 bits per heavy atom. The molecule has 2 aliphatic carbocycles. The second kappa shape index (κ2) is 5.18. The standard InChI is InChI=1S/C16H24ClN3/c1-16(2,3)15-18-13(17)8-14(19-15)20(9-11-4-5-11)10-12-6-7-12/h8,11-12H,4-7,9-10H2,1-3H3. The number of rotatable bonds is 5. The van der Waals surface area contributed by atoms with E-state index in [4.69, 9.17) is 16.6 Å². The molecule has 3 rings (SSSR count). The summed E-state index contributed by atoms with van der Waals surface area (Å²) in [6, 6.07) is 1.93. The van der Waals surface area contributed by atoms with Crippen LogP contribution in [0, 0.1) is 11.8 Å². The number of halogens is 1. The first-order valence-electron chi connectivity index (χ1n) is 7.72. The summed E-state index contributed by atoms with van der Waals surface area (Å²) in [7, 11) is 0. The number of anilines is 1. The van der Waals surface area contributed by atoms with Crippen molar-refractivity contribution >= 4 is 17.4 Å². The molecule has 2 fully saturated rings. The Morgan fingerprint density at radius 1 is 1.10 bits per heavy atom. The summed E-state index contributed by atoms with van der Waals surface area (Å²) in [5.74, 6) is 3.59. The van der Waals surface area contributed by atoms with Crippen molar-refractivity contribution in [2.45, 2.75) is 51.9 Å². The normalized spacial score (nSPS) is 19.2. The maximum Gasteiger partial charge on any atom is 0.137 e. The zero-order valence-electron chi connectivity index (χ0n) is 12.7. The molecule has 0 saturated heterocycles. The number of nitrogens with zero attached hydrogens (tertiary/aromatic N) is 3. The van der Waals surface area contributed by atoms with Crippen LogP contribution in [0.5, 0.6) is 0 Å². The van der Waals surface area contributed by atoms with Gasteiger partial charge in [0.25, 0.3) is 0 Å². The van der Waals surface area contributed by atoms with Crippen LogP contribution in [0.25, 0.3) is 0 Å². The molecular formula is C16H24ClN3. The van der Waals surface area contributed by atoms with Gasteiger partial charge in [-0.2, -0.15) is 0 Å². The van der Waals surface area contributed by atoms with Crippen LogP contribution in [0.2, 0.25) is 5.15 Å². The van der Waals surface area contributed by atoms with Crippen molar-refractivity contribution < 1.29 is 0 Å². The van der Waals surface area contributed by atoms with E-state index in [0.717, 1.165) is 36.6 Å². The van der Waals surface area contributed by atoms with Crippen molar-refractivity contribution in [1.82, 2.24) is 9.97 Å². The largest absolute Gasteiger partial charge is 0.356 e. The molecule has 4 heteroatoms. The third-order valence-electron chi connectivity index (χ3n) is 4.03. The molecule has 0 unspecified atom stereocenters. The van der Waals surface area contributed by atoms with Crippen molar-refractivity contribution in [3.8, 4) is 0 Å². The van der Waals surface area contributed by atoms with E-state index in [2.05, 4.69) is 30.7 Å². The van der Waals surface area contributed by atoms with Gasteiger partial charge in [-0.05, 0) is 37.5 Å². The van der Waals surface area contributed by atoms with Crippen LogP contribution < -0.4 is 4.90 Å². The maximum atomic E-state index is 6.23. The Kier molecular flexibility index (Phi) is 3.65. The summed E-state index contributed by atoms with van der Waals surface area (Å²) in [6.45, 7) is 8.67. The molecule has 20 heavy (non-hydrogen) atoms. The van der Waals surface area contributed by atoms with Gasteiger partial charge in [0.15, 0.2) is 0 Å². The first-order valence-corrected chi connectivity index (χ1v) is 8.09. The average Bonchev–Trinajstić information content (AvgIpc) is 3.21. The second-order valence-corrected chi connectivity index (χ2v) is 7.80. The molecule has 0 aromatic carbocycles. The smallest absolute Gasteiger partial charge is 0.137 e. The molecule has 1 heterocycles. The topological polar surface area (TPSA) is 29.0 Å². The van der Waals surface area contributed by atoms with E-state index in [1.165, 1.54) is 25.7 Å². The molecule has 0 N–H and O–H groups in total. The molecular weight excluding hydrogens is 270 g/mol. The highest BCUT2D eigenvalue weighted by molar-refractivity contribution is 6.29. The lowest BCUT2D eigenvalue weighted by molar-refractivity contribution is 0.542. The van der Waals surface area contributed by atoms with Crippen LogP contribution in [0.3, 0.4) is 0 Å². The van der Waals surface area contributed by atoms with Gasteiger partial charge in [-0.25, -0.2) is 9.97 Å². The van der Waals surface area contributed by atoms with E-state index in [0.29, 0.717) is 5.15 Å². The predicted octanol–water partition coefficient (Wildman–Crippen LogP) is 4.05. The van der Waals surface area contributed by atoms with Crippen molar-refractivity contribution in [2.75, 3.05) is 18.0 Å². The molecule has 1 aromatic rings. The number of hydrogen-bond donors (Lipinski definition) is 0. The van der Waals surface area contributed by atoms with Gasteiger partial charge in [0.05, 0.1) is 0 Å². The minimum absolute atomic E-state index is 0.0650. The molecule has 3 nitrogen and oxygen atoms in total. The van der Waals surface area contributed by atoms with Crippen molar-refractivity contribution in [3.05, 3.63) is 17.0 Å². The van der Waals surface area contributed by atoms with Gasteiger partial charge >= 0.3 is 0 Å². The molecule has 1 aromatic heterocycles. The van der Waals surface area contributed by atoms with E-state index in [1.54, 1.807) is 0 Å². The summed E-state index contributed by atoms with van der Waals surface area (Å²) in [5, 5.41) is 0.566. The second-order valence-electron chi connectivity index (χ2n) is 7.41. The van der Waals surface area contributed by atoms with Crippen LogP contribution in [0.1, 0.15) is 52.3 Å². The number of hydrogen-bond acceptors (Lipinski definition) is 3. The molecule has 110 valence electrons. The fourth-order valence-corrected chi connectivity index (χ4v) is 2.57. The molecule has 0 spiro atoms. The van der Waals surface area contributed by atoms with Gasteiger partial charge in [0.2, 0.25) is 0 Å². The van der Waals surface area contributed by atoms with Crippen LogP contribution in [0.4, 0.5) is 5.82 Å². The SMILES string of the molecule is CC(C)(C)c1nc(Cl)cc(N(CC2CC2)CC2CC2)n1. The summed E-state index contributed by atoms with van der Waals surface area (Å²) in [6.07, 6.45) is 5.47. The molecule has 0 atom stereocenters. The molecule has 0 aliphatic heterocycles. The monoisotopic (exact) mass is 293 g/mol. The van der Waals surface area contributed by atoms with Gasteiger partial charge in [-0.15, -0.1) is 0 Å². The van der Waals surface area contributed by atoms with Gasteiger partial charge in [-0.1, -0.05) is 32.4 Å². The lowest BCUT2D eigenvalue weighted by Crippen LogP contribution is -2.30.